The van der Waals surface area contributed by atoms with Gasteiger partial charge in [-0.05, 0) is 18.2 Å². The van der Waals surface area contributed by atoms with Gasteiger partial charge in [0.1, 0.15) is 11.4 Å². The topological polar surface area (TPSA) is 48.7 Å². The summed E-state index contributed by atoms with van der Waals surface area (Å²) in [5, 5.41) is 4.49. The van der Waals surface area contributed by atoms with Crippen molar-refractivity contribution in [3.8, 4) is 28.8 Å². The lowest BCUT2D eigenvalue weighted by Gasteiger charge is -2.06. The fourth-order valence-corrected chi connectivity index (χ4v) is 2.53. The van der Waals surface area contributed by atoms with E-state index in [0.717, 1.165) is 17.0 Å². The molecule has 0 unspecified atom stereocenters. The normalized spacial score (nSPS) is 10.7. The zero-order valence-electron chi connectivity index (χ0n) is 13.1. The van der Waals surface area contributed by atoms with Crippen molar-refractivity contribution in [2.24, 2.45) is 0 Å². The van der Waals surface area contributed by atoms with Gasteiger partial charge in [0.2, 0.25) is 11.8 Å². The summed E-state index contributed by atoms with van der Waals surface area (Å²) in [5.74, 6) is 1.78. The van der Waals surface area contributed by atoms with Crippen LogP contribution in [0.25, 0.3) is 16.9 Å². The summed E-state index contributed by atoms with van der Waals surface area (Å²) in [7, 11) is 1.61. The summed E-state index contributed by atoms with van der Waals surface area (Å²) >= 11 is 0. The van der Waals surface area contributed by atoms with Gasteiger partial charge in [-0.1, -0.05) is 48.5 Å². The maximum Gasteiger partial charge on any atom is 0.243 e. The second kappa shape index (κ2) is 6.04. The molecule has 2 heterocycles. The smallest absolute Gasteiger partial charge is 0.243 e. The van der Waals surface area contributed by atoms with Crippen LogP contribution < -0.4 is 9.47 Å². The van der Waals surface area contributed by atoms with Crippen LogP contribution in [-0.4, -0.2) is 21.7 Å². The van der Waals surface area contributed by atoms with Crippen LogP contribution in [0.5, 0.6) is 17.5 Å². The molecule has 0 N–H and O–H groups in total. The standard InChI is InChI=1S/C19H15N3O2/c1-23-19-18(14-8-4-2-5-9-14)20-16-12-13-17(21-22(16)19)24-15-10-6-3-7-11-15/h2-13H,1H3. The Kier molecular flexibility index (Phi) is 3.59. The lowest BCUT2D eigenvalue weighted by molar-refractivity contribution is 0.382. The largest absolute Gasteiger partial charge is 0.479 e. The molecule has 0 aliphatic heterocycles. The first kappa shape index (κ1) is 14.3. The molecule has 0 amide bonds. The maximum atomic E-state index is 5.79. The van der Waals surface area contributed by atoms with Gasteiger partial charge in [0.05, 0.1) is 7.11 Å². The number of methoxy groups -OCH3 is 1. The van der Waals surface area contributed by atoms with Crippen LogP contribution in [0, 0.1) is 0 Å². The molecule has 0 atom stereocenters. The number of para-hydroxylation sites is 1. The van der Waals surface area contributed by atoms with Crippen molar-refractivity contribution < 1.29 is 9.47 Å². The second-order valence-electron chi connectivity index (χ2n) is 5.19. The predicted octanol–water partition coefficient (Wildman–Crippen LogP) is 4.20. The predicted molar refractivity (Wildman–Crippen MR) is 91.5 cm³/mol. The molecule has 0 fully saturated rings. The molecule has 0 saturated heterocycles. The monoisotopic (exact) mass is 317 g/mol. The lowest BCUT2D eigenvalue weighted by Crippen LogP contribution is -1.98. The van der Waals surface area contributed by atoms with Crippen molar-refractivity contribution in [2.45, 2.75) is 0 Å². The number of fused-ring (bicyclic) bond motifs is 1. The number of hydrogen-bond acceptors (Lipinski definition) is 4. The number of ether oxygens (including phenoxy) is 2. The van der Waals surface area contributed by atoms with Gasteiger partial charge >= 0.3 is 0 Å². The summed E-state index contributed by atoms with van der Waals surface area (Å²) < 4.78 is 13.0. The fourth-order valence-electron chi connectivity index (χ4n) is 2.53. The maximum absolute atomic E-state index is 5.79. The fraction of sp³-hybridized carbons (Fsp3) is 0.0526. The molecular weight excluding hydrogens is 302 g/mol. The van der Waals surface area contributed by atoms with Crippen LogP contribution in [0.4, 0.5) is 0 Å². The highest BCUT2D eigenvalue weighted by molar-refractivity contribution is 5.69. The molecule has 0 bridgehead atoms. The van der Waals surface area contributed by atoms with Gasteiger partial charge < -0.3 is 9.47 Å². The molecule has 24 heavy (non-hydrogen) atoms. The molecule has 4 aromatic rings. The number of benzene rings is 2. The van der Waals surface area contributed by atoms with E-state index in [1.165, 1.54) is 0 Å². The molecule has 0 spiro atoms. The Hall–Kier alpha value is -3.34. The minimum atomic E-state index is 0.476. The molecule has 0 aliphatic carbocycles. The quantitative estimate of drug-likeness (QED) is 0.566. The summed E-state index contributed by atoms with van der Waals surface area (Å²) in [6, 6.07) is 23.1. The van der Waals surface area contributed by atoms with Crippen LogP contribution in [0.1, 0.15) is 0 Å². The molecule has 4 rings (SSSR count). The van der Waals surface area contributed by atoms with E-state index in [9.17, 15) is 0 Å². The van der Waals surface area contributed by atoms with Crippen molar-refractivity contribution in [1.29, 1.82) is 0 Å². The first-order valence-electron chi connectivity index (χ1n) is 7.57. The zero-order chi connectivity index (χ0) is 16.4. The lowest BCUT2D eigenvalue weighted by atomic mass is 10.2. The second-order valence-corrected chi connectivity index (χ2v) is 5.19. The first-order chi connectivity index (χ1) is 11.8. The number of nitrogens with zero attached hydrogens (tertiary/aromatic N) is 3. The first-order valence-corrected chi connectivity index (χ1v) is 7.57. The van der Waals surface area contributed by atoms with E-state index in [-0.39, 0.29) is 0 Å². The number of rotatable bonds is 4. The Balaban J connectivity index is 1.79. The van der Waals surface area contributed by atoms with Gasteiger partial charge in [-0.15, -0.1) is 5.10 Å². The molecule has 2 aromatic carbocycles. The van der Waals surface area contributed by atoms with E-state index < -0.39 is 0 Å². The Morgan fingerprint density at radius 1 is 0.833 bits per heavy atom. The van der Waals surface area contributed by atoms with Crippen LogP contribution in [0.15, 0.2) is 72.8 Å². The number of hydrogen-bond donors (Lipinski definition) is 0. The molecule has 5 nitrogen and oxygen atoms in total. The molecule has 0 saturated carbocycles. The summed E-state index contributed by atoms with van der Waals surface area (Å²) in [6.07, 6.45) is 0. The van der Waals surface area contributed by atoms with Crippen molar-refractivity contribution in [1.82, 2.24) is 14.6 Å². The third kappa shape index (κ3) is 2.56. The Labute approximate surface area is 139 Å². The van der Waals surface area contributed by atoms with Gasteiger partial charge in [-0.25, -0.2) is 4.98 Å². The van der Waals surface area contributed by atoms with Gasteiger partial charge in [0.15, 0.2) is 5.65 Å². The highest BCUT2D eigenvalue weighted by atomic mass is 16.5. The average molecular weight is 317 g/mol. The van der Waals surface area contributed by atoms with E-state index >= 15 is 0 Å². The van der Waals surface area contributed by atoms with Gasteiger partial charge in [-0.3, -0.25) is 0 Å². The Bertz CT molecular complexity index is 966. The Morgan fingerprint density at radius 3 is 2.25 bits per heavy atom. The van der Waals surface area contributed by atoms with Crippen LogP contribution in [-0.2, 0) is 0 Å². The molecule has 0 aliphatic rings. The Morgan fingerprint density at radius 2 is 1.54 bits per heavy atom. The highest BCUT2D eigenvalue weighted by Crippen LogP contribution is 2.30. The van der Waals surface area contributed by atoms with Gasteiger partial charge in [0.25, 0.3) is 0 Å². The SMILES string of the molecule is COc1c(-c2ccccc2)nc2ccc(Oc3ccccc3)nn12. The molecular formula is C19H15N3O2. The average Bonchev–Trinajstić information content (AvgIpc) is 3.01. The summed E-state index contributed by atoms with van der Waals surface area (Å²) in [4.78, 5) is 4.62. The third-order valence-electron chi connectivity index (χ3n) is 3.62. The van der Waals surface area contributed by atoms with Crippen molar-refractivity contribution in [3.05, 3.63) is 72.8 Å². The molecule has 5 heteroatoms. The van der Waals surface area contributed by atoms with Crippen LogP contribution in [0.2, 0.25) is 0 Å². The van der Waals surface area contributed by atoms with Gasteiger partial charge in [0, 0.05) is 11.6 Å². The van der Waals surface area contributed by atoms with Crippen LogP contribution in [0.3, 0.4) is 0 Å². The third-order valence-corrected chi connectivity index (χ3v) is 3.62. The van der Waals surface area contributed by atoms with E-state index in [2.05, 4.69) is 10.1 Å². The summed E-state index contributed by atoms with van der Waals surface area (Å²) in [6.45, 7) is 0. The minimum Gasteiger partial charge on any atom is -0.479 e. The van der Waals surface area contributed by atoms with E-state index in [0.29, 0.717) is 17.4 Å². The van der Waals surface area contributed by atoms with Crippen molar-refractivity contribution >= 4 is 5.65 Å². The number of imidazole rings is 1. The molecule has 0 radical (unpaired) electrons. The van der Waals surface area contributed by atoms with Gasteiger partial charge in [-0.2, -0.15) is 4.52 Å². The zero-order valence-corrected chi connectivity index (χ0v) is 13.1. The van der Waals surface area contributed by atoms with Crippen molar-refractivity contribution in [2.75, 3.05) is 7.11 Å². The van der Waals surface area contributed by atoms with Crippen LogP contribution >= 0.6 is 0 Å². The molecule has 2 aromatic heterocycles. The van der Waals surface area contributed by atoms with E-state index in [4.69, 9.17) is 9.47 Å². The minimum absolute atomic E-state index is 0.476. The number of aromatic nitrogens is 3. The van der Waals surface area contributed by atoms with Crippen molar-refractivity contribution in [3.63, 3.8) is 0 Å². The summed E-state index contributed by atoms with van der Waals surface area (Å²) in [5.41, 5.74) is 2.43. The van der Waals surface area contributed by atoms with E-state index in [1.807, 2.05) is 66.7 Å². The highest BCUT2D eigenvalue weighted by Gasteiger charge is 2.16. The molecule has 118 valence electrons. The van der Waals surface area contributed by atoms with E-state index in [1.54, 1.807) is 17.7 Å².